The zero-order chi connectivity index (χ0) is 79.0. The van der Waals surface area contributed by atoms with E-state index in [1.165, 1.54) is 62.3 Å². The van der Waals surface area contributed by atoms with Crippen molar-refractivity contribution in [1.29, 1.82) is 0 Å². The van der Waals surface area contributed by atoms with Crippen LogP contribution in [0.2, 0.25) is 0 Å². The summed E-state index contributed by atoms with van der Waals surface area (Å²) >= 11 is 0. The molecule has 11 rings (SSSR count). The van der Waals surface area contributed by atoms with Crippen LogP contribution in [0.1, 0.15) is 92.5 Å². The van der Waals surface area contributed by atoms with Crippen LogP contribution < -0.4 is 60.2 Å². The maximum atomic E-state index is 14.9. The topological polar surface area (TPSA) is 390 Å². The highest BCUT2D eigenvalue weighted by atomic mass is 32.2. The van der Waals surface area contributed by atoms with Gasteiger partial charge in [0.1, 0.15) is 31.9 Å². The number of ether oxygens (including phenoxy) is 10. The first kappa shape index (κ1) is 80.5. The van der Waals surface area contributed by atoms with Gasteiger partial charge in [-0.1, -0.05) is 62.4 Å². The number of nitrogens with zero attached hydrogens (tertiary/aromatic N) is 4. The van der Waals surface area contributed by atoms with Gasteiger partial charge in [0.15, 0.2) is 28.4 Å². The third-order valence-electron chi connectivity index (χ3n) is 18.9. The lowest BCUT2D eigenvalue weighted by Gasteiger charge is -2.27. The van der Waals surface area contributed by atoms with Crippen molar-refractivity contribution in [3.63, 3.8) is 0 Å². The number of methoxy groups -OCH3 is 3. The summed E-state index contributed by atoms with van der Waals surface area (Å²) in [6.07, 6.45) is 2.06. The van der Waals surface area contributed by atoms with Gasteiger partial charge in [0.05, 0.1) is 121 Å². The first-order valence-electron chi connectivity index (χ1n) is 35.9. The van der Waals surface area contributed by atoms with E-state index in [1.807, 2.05) is 24.3 Å². The van der Waals surface area contributed by atoms with Gasteiger partial charge >= 0.3 is 12.1 Å². The molecule has 111 heavy (non-hydrogen) atoms. The Morgan fingerprint density at radius 2 is 1.16 bits per heavy atom. The van der Waals surface area contributed by atoms with E-state index in [-0.39, 0.29) is 161 Å². The molecule has 0 fully saturated rings. The minimum absolute atomic E-state index is 0.00133. The maximum absolute atomic E-state index is 14.9. The molecule has 0 aromatic heterocycles. The molecular weight excluding hydrogens is 1460 g/mol. The lowest BCUT2D eigenvalue weighted by atomic mass is 10.0. The third kappa shape index (κ3) is 19.8. The number of nitrogens with one attached hydrogen (secondary N) is 5. The van der Waals surface area contributed by atoms with Crippen molar-refractivity contribution in [1.82, 2.24) is 20.9 Å². The third-order valence-corrected chi connectivity index (χ3v) is 20.0. The molecule has 5 heterocycles. The van der Waals surface area contributed by atoms with E-state index < -0.39 is 93.1 Å². The predicted octanol–water partition coefficient (Wildman–Crippen LogP) is 6.06. The Bertz CT molecular complexity index is 4630. The minimum Gasteiger partial charge on any atom is -0.493 e. The van der Waals surface area contributed by atoms with Gasteiger partial charge in [-0.05, 0) is 108 Å². The molecule has 0 bridgehead atoms. The number of rotatable bonds is 36. The number of fused-ring (bicyclic) bond motifs is 8. The monoisotopic (exact) mass is 1550 g/mol. The van der Waals surface area contributed by atoms with Crippen LogP contribution in [-0.4, -0.2) is 201 Å². The zero-order valence-electron chi connectivity index (χ0n) is 61.9. The Kier molecular flexibility index (Phi) is 26.7. The van der Waals surface area contributed by atoms with E-state index in [1.54, 1.807) is 85.5 Å². The molecule has 33 heteroatoms. The fourth-order valence-corrected chi connectivity index (χ4v) is 14.2. The second kappa shape index (κ2) is 36.8. The number of anilines is 5. The lowest BCUT2D eigenvalue weighted by molar-refractivity contribution is -0.137. The molecule has 0 saturated heterocycles. The van der Waals surface area contributed by atoms with E-state index in [4.69, 9.17) is 47.4 Å². The normalized spacial score (nSPS) is 16.5. The number of hydrogen-bond donors (Lipinski definition) is 6. The van der Waals surface area contributed by atoms with Crippen molar-refractivity contribution in [2.75, 3.05) is 119 Å². The summed E-state index contributed by atoms with van der Waals surface area (Å²) in [5, 5.41) is 12.1. The van der Waals surface area contributed by atoms with Crippen LogP contribution in [0.15, 0.2) is 127 Å². The van der Waals surface area contributed by atoms with Gasteiger partial charge in [-0.2, -0.15) is 8.42 Å². The Labute approximate surface area is 639 Å². The summed E-state index contributed by atoms with van der Waals surface area (Å²) < 4.78 is 94.0. The van der Waals surface area contributed by atoms with Crippen LogP contribution in [0.4, 0.5) is 33.2 Å². The molecule has 5 aliphatic rings. The van der Waals surface area contributed by atoms with Gasteiger partial charge in [-0.25, -0.2) is 9.59 Å². The number of benzene rings is 6. The van der Waals surface area contributed by atoms with Crippen LogP contribution in [-0.2, 0) is 100.0 Å². The molecule has 5 atom stereocenters. The lowest BCUT2D eigenvalue weighted by Crippen LogP contribution is -2.53. The quantitative estimate of drug-likeness (QED) is 0.0113. The van der Waals surface area contributed by atoms with Crippen LogP contribution in [0.3, 0.4) is 0 Å². The standard InChI is InChI=1S/C78H87N9O23S/c1-46(2)71(83-68(89)22-25-104-27-29-106-31-32-107-30-28-105-26-23-79-67(88)21-24-84-69(90)19-20-70(84)91)73(93)80-47(3)72(92)81-54-17-15-48(16-18-54)43-110-78(97)85-42-55-36-51-11-7-9-13-59(51)86(55)76(95)57-39-64(102-5)66(41-61(57)85)109-45-50-33-49(34-53(35-50)77(96)103-6)44-108-65-40-58-56(38-63(65)101-4)75(94)87-60-14-10-8-12-52(60)37-62(87)74(82-58)111(98,99)100/h7-20,33-35,38-41,46-47,55,62,71,74,82H,21-32,36-37,42-45H2,1-6H3,(H,79,88)(H,80,93)(H,81,92)(H,83,89)(H,98,99,100)/t47?,55-,62-,71?,74?/m0/s1. The van der Waals surface area contributed by atoms with Gasteiger partial charge in [-0.3, -0.25) is 52.7 Å². The van der Waals surface area contributed by atoms with E-state index in [2.05, 4.69) is 26.6 Å². The smallest absolute Gasteiger partial charge is 0.414 e. The SMILES string of the molecule is COC(=O)c1cc(COc2cc3c(cc2OC)C(=O)N2c4ccccc4C[C@H]2C(S(=O)(=O)O)N3)cc(COc2cc3c(cc2OC)C(=O)N2c4ccccc4C[C@H]2CN3C(=O)OCc2ccc(NC(=O)C(C)NC(=O)C(NC(=O)CCOCCOCCOCCOCCNC(=O)CCN3C(=O)C=CC3=O)C(C)C)cc2)c1. The molecule has 0 saturated carbocycles. The van der Waals surface area contributed by atoms with Crippen molar-refractivity contribution < 1.29 is 108 Å². The number of carbonyl (C=O) groups is 10. The average molecular weight is 1550 g/mol. The molecule has 6 aromatic rings. The molecule has 0 radical (unpaired) electrons. The van der Waals surface area contributed by atoms with Gasteiger partial charge < -0.3 is 83.8 Å². The highest BCUT2D eigenvalue weighted by Crippen LogP contribution is 2.45. The first-order valence-corrected chi connectivity index (χ1v) is 37.4. The molecule has 588 valence electrons. The summed E-state index contributed by atoms with van der Waals surface area (Å²) in [7, 11) is -0.803. The van der Waals surface area contributed by atoms with E-state index in [9.17, 15) is 60.9 Å². The molecule has 6 aromatic carbocycles. The number of amides is 9. The van der Waals surface area contributed by atoms with Crippen LogP contribution in [0.5, 0.6) is 23.0 Å². The zero-order valence-corrected chi connectivity index (χ0v) is 62.8. The van der Waals surface area contributed by atoms with Crippen LogP contribution >= 0.6 is 0 Å². The van der Waals surface area contributed by atoms with E-state index in [0.717, 1.165) is 28.2 Å². The number of para-hydroxylation sites is 2. The summed E-state index contributed by atoms with van der Waals surface area (Å²) in [5.41, 5.74) is 5.10. The van der Waals surface area contributed by atoms with Gasteiger partial charge in [0.25, 0.3) is 33.7 Å². The second-order valence-corrected chi connectivity index (χ2v) is 28.4. The summed E-state index contributed by atoms with van der Waals surface area (Å²) in [5.74, 6) is -4.28. The average Bonchev–Trinajstić information content (AvgIpc) is 1.63. The Morgan fingerprint density at radius 1 is 0.586 bits per heavy atom. The van der Waals surface area contributed by atoms with Crippen LogP contribution in [0, 0.1) is 5.92 Å². The minimum atomic E-state index is -4.80. The molecule has 0 spiro atoms. The largest absolute Gasteiger partial charge is 0.493 e. The Balaban J connectivity index is 0.659. The molecule has 6 N–H and O–H groups in total. The highest BCUT2D eigenvalue weighted by molar-refractivity contribution is 7.86. The fourth-order valence-electron chi connectivity index (χ4n) is 13.3. The highest BCUT2D eigenvalue weighted by Gasteiger charge is 2.48. The predicted molar refractivity (Wildman–Crippen MR) is 401 cm³/mol. The van der Waals surface area contributed by atoms with Gasteiger partial charge in [0, 0.05) is 67.3 Å². The molecule has 5 aliphatic heterocycles. The molecule has 9 amide bonds. The second-order valence-electron chi connectivity index (χ2n) is 26.8. The number of esters is 1. The summed E-state index contributed by atoms with van der Waals surface area (Å²) in [6.45, 7) is 6.53. The molecule has 0 aliphatic carbocycles. The van der Waals surface area contributed by atoms with E-state index >= 15 is 0 Å². The summed E-state index contributed by atoms with van der Waals surface area (Å²) in [6, 6.07) is 28.1. The number of imide groups is 1. The molecule has 32 nitrogen and oxygen atoms in total. The Hall–Kier alpha value is -11.5. The Morgan fingerprint density at radius 3 is 1.77 bits per heavy atom. The molecular formula is C78H87N9O23S. The van der Waals surface area contributed by atoms with Crippen molar-refractivity contribution in [3.05, 3.63) is 172 Å². The maximum Gasteiger partial charge on any atom is 0.414 e. The number of carbonyl (C=O) groups excluding carboxylic acids is 10. The van der Waals surface area contributed by atoms with Crippen molar-refractivity contribution >= 4 is 97.9 Å². The van der Waals surface area contributed by atoms with Crippen molar-refractivity contribution in [3.8, 4) is 23.0 Å². The van der Waals surface area contributed by atoms with E-state index in [0.29, 0.717) is 53.4 Å². The van der Waals surface area contributed by atoms with Crippen molar-refractivity contribution in [2.24, 2.45) is 5.92 Å². The summed E-state index contributed by atoms with van der Waals surface area (Å²) in [4.78, 5) is 138. The van der Waals surface area contributed by atoms with Gasteiger partial charge in [-0.15, -0.1) is 0 Å². The van der Waals surface area contributed by atoms with Gasteiger partial charge in [0.2, 0.25) is 23.6 Å². The number of hydrogen-bond acceptors (Lipinski definition) is 23. The van der Waals surface area contributed by atoms with Crippen molar-refractivity contribution in [2.45, 2.75) is 95.8 Å². The van der Waals surface area contributed by atoms with Crippen LogP contribution in [0.25, 0.3) is 0 Å². The first-order chi connectivity index (χ1) is 53.4. The molecule has 3 unspecified atom stereocenters. The fraction of sp³-hybridized carbons (Fsp3) is 0.385.